The summed E-state index contributed by atoms with van der Waals surface area (Å²) in [5.41, 5.74) is 2.31. The van der Waals surface area contributed by atoms with Gasteiger partial charge in [0.15, 0.2) is 0 Å². The molecule has 2 N–H and O–H groups in total. The predicted octanol–water partition coefficient (Wildman–Crippen LogP) is 5.03. The number of aromatic amines is 1. The van der Waals surface area contributed by atoms with Crippen molar-refractivity contribution in [1.82, 2.24) is 15.3 Å². The quantitative estimate of drug-likeness (QED) is 0.460. The van der Waals surface area contributed by atoms with Gasteiger partial charge in [0.25, 0.3) is 11.5 Å². The maximum absolute atomic E-state index is 12.9. The van der Waals surface area contributed by atoms with Crippen molar-refractivity contribution in [2.75, 3.05) is 0 Å². The highest BCUT2D eigenvalue weighted by molar-refractivity contribution is 7.20. The van der Waals surface area contributed by atoms with Gasteiger partial charge < -0.3 is 10.3 Å². The molecular weight excluding hydrogens is 418 g/mol. The first-order valence-corrected chi connectivity index (χ1v) is 10.7. The SMILES string of the molecule is Cc1c(C(=O)NC(C)c2ccccc2Cl)sc2nc(Cc3ccccc3)[nH]c(=O)c12. The van der Waals surface area contributed by atoms with E-state index >= 15 is 0 Å². The number of fused-ring (bicyclic) bond motifs is 1. The van der Waals surface area contributed by atoms with E-state index in [4.69, 9.17) is 11.6 Å². The van der Waals surface area contributed by atoms with Crippen molar-refractivity contribution in [2.24, 2.45) is 0 Å². The minimum Gasteiger partial charge on any atom is -0.345 e. The van der Waals surface area contributed by atoms with Gasteiger partial charge in [-0.25, -0.2) is 4.98 Å². The molecule has 4 aromatic rings. The lowest BCUT2D eigenvalue weighted by Crippen LogP contribution is -2.26. The zero-order chi connectivity index (χ0) is 21.3. The van der Waals surface area contributed by atoms with Gasteiger partial charge in [0.05, 0.1) is 16.3 Å². The van der Waals surface area contributed by atoms with Crippen LogP contribution in [0, 0.1) is 6.92 Å². The lowest BCUT2D eigenvalue weighted by Gasteiger charge is -2.15. The molecule has 2 heterocycles. The third-order valence-corrected chi connectivity index (χ3v) is 6.52. The number of amides is 1. The monoisotopic (exact) mass is 437 g/mol. The van der Waals surface area contributed by atoms with Crippen molar-refractivity contribution in [3.05, 3.63) is 97.4 Å². The lowest BCUT2D eigenvalue weighted by atomic mass is 10.1. The normalized spacial score (nSPS) is 12.1. The zero-order valence-corrected chi connectivity index (χ0v) is 18.1. The number of H-pyrrole nitrogens is 1. The fourth-order valence-corrected chi connectivity index (χ4v) is 4.85. The van der Waals surface area contributed by atoms with E-state index in [-0.39, 0.29) is 17.5 Å². The topological polar surface area (TPSA) is 74.8 Å². The Balaban J connectivity index is 1.64. The standard InChI is InChI=1S/C23H20ClN3O2S/c1-13-19-21(28)26-18(12-15-8-4-3-5-9-15)27-23(19)30-20(13)22(29)25-14(2)16-10-6-7-11-17(16)24/h3-11,14H,12H2,1-2H3,(H,25,29)(H,26,27,28). The zero-order valence-electron chi connectivity index (χ0n) is 16.5. The molecule has 1 amide bonds. The number of halogens is 1. The third-order valence-electron chi connectivity index (χ3n) is 4.99. The van der Waals surface area contributed by atoms with Crippen LogP contribution in [-0.4, -0.2) is 15.9 Å². The van der Waals surface area contributed by atoms with Crippen LogP contribution in [0.1, 0.15) is 45.2 Å². The number of aryl methyl sites for hydroxylation is 1. The summed E-state index contributed by atoms with van der Waals surface area (Å²) in [6, 6.07) is 16.9. The molecule has 4 rings (SSSR count). The van der Waals surface area contributed by atoms with Crippen molar-refractivity contribution in [1.29, 1.82) is 0 Å². The number of carbonyl (C=O) groups excluding carboxylic acids is 1. The highest BCUT2D eigenvalue weighted by atomic mass is 35.5. The molecule has 5 nitrogen and oxygen atoms in total. The highest BCUT2D eigenvalue weighted by Gasteiger charge is 2.21. The molecule has 2 aromatic carbocycles. The first-order chi connectivity index (χ1) is 14.4. The van der Waals surface area contributed by atoms with E-state index in [1.54, 1.807) is 13.0 Å². The van der Waals surface area contributed by atoms with Crippen LogP contribution in [0.2, 0.25) is 5.02 Å². The highest BCUT2D eigenvalue weighted by Crippen LogP contribution is 2.29. The molecule has 0 aliphatic carbocycles. The number of hydrogen-bond acceptors (Lipinski definition) is 4. The molecule has 0 saturated carbocycles. The molecule has 0 bridgehead atoms. The van der Waals surface area contributed by atoms with Crippen LogP contribution in [0.5, 0.6) is 0 Å². The summed E-state index contributed by atoms with van der Waals surface area (Å²) < 4.78 is 0. The van der Waals surface area contributed by atoms with Gasteiger partial charge >= 0.3 is 0 Å². The maximum atomic E-state index is 12.9. The molecule has 2 aromatic heterocycles. The Kier molecular flexibility index (Phi) is 5.70. The van der Waals surface area contributed by atoms with E-state index < -0.39 is 0 Å². The van der Waals surface area contributed by atoms with E-state index in [2.05, 4.69) is 15.3 Å². The van der Waals surface area contributed by atoms with Crippen molar-refractivity contribution in [3.8, 4) is 0 Å². The maximum Gasteiger partial charge on any atom is 0.262 e. The van der Waals surface area contributed by atoms with Gasteiger partial charge in [0.2, 0.25) is 0 Å². The second kappa shape index (κ2) is 8.42. The fraction of sp³-hybridized carbons (Fsp3) is 0.174. The average molecular weight is 438 g/mol. The van der Waals surface area contributed by atoms with Crippen LogP contribution in [-0.2, 0) is 6.42 Å². The van der Waals surface area contributed by atoms with E-state index in [9.17, 15) is 9.59 Å². The van der Waals surface area contributed by atoms with Crippen molar-refractivity contribution < 1.29 is 4.79 Å². The van der Waals surface area contributed by atoms with Gasteiger partial charge in [-0.2, -0.15) is 0 Å². The number of nitrogens with one attached hydrogen (secondary N) is 2. The summed E-state index contributed by atoms with van der Waals surface area (Å²) in [7, 11) is 0. The van der Waals surface area contributed by atoms with Gasteiger partial charge in [-0.1, -0.05) is 60.1 Å². The van der Waals surface area contributed by atoms with Crippen LogP contribution in [0.3, 0.4) is 0 Å². The number of nitrogens with zero attached hydrogens (tertiary/aromatic N) is 1. The Morgan fingerprint density at radius 3 is 2.60 bits per heavy atom. The van der Waals surface area contributed by atoms with E-state index in [0.717, 1.165) is 11.1 Å². The van der Waals surface area contributed by atoms with Gasteiger partial charge in [0.1, 0.15) is 10.7 Å². The summed E-state index contributed by atoms with van der Waals surface area (Å²) in [5, 5.41) is 4.04. The van der Waals surface area contributed by atoms with Crippen LogP contribution in [0.25, 0.3) is 10.2 Å². The summed E-state index contributed by atoms with van der Waals surface area (Å²) in [6.45, 7) is 3.66. The molecule has 0 saturated heterocycles. The molecule has 0 spiro atoms. The van der Waals surface area contributed by atoms with Crippen molar-refractivity contribution in [2.45, 2.75) is 26.3 Å². The molecule has 1 unspecified atom stereocenters. The minimum atomic E-state index is -0.268. The molecular formula is C23H20ClN3O2S. The molecule has 7 heteroatoms. The van der Waals surface area contributed by atoms with Crippen molar-refractivity contribution >= 4 is 39.1 Å². The Morgan fingerprint density at radius 2 is 1.87 bits per heavy atom. The summed E-state index contributed by atoms with van der Waals surface area (Å²) in [6.07, 6.45) is 0.522. The Labute approximate surface area is 182 Å². The van der Waals surface area contributed by atoms with Gasteiger partial charge in [-0.05, 0) is 36.6 Å². The number of thiophene rings is 1. The second-order valence-corrected chi connectivity index (χ2v) is 8.53. The van der Waals surface area contributed by atoms with Gasteiger partial charge in [-0.15, -0.1) is 11.3 Å². The van der Waals surface area contributed by atoms with Crippen LogP contribution < -0.4 is 10.9 Å². The van der Waals surface area contributed by atoms with E-state index in [1.165, 1.54) is 11.3 Å². The largest absolute Gasteiger partial charge is 0.345 e. The molecule has 0 fully saturated rings. The molecule has 0 aliphatic heterocycles. The number of carbonyl (C=O) groups is 1. The molecule has 0 aliphatic rings. The lowest BCUT2D eigenvalue weighted by molar-refractivity contribution is 0.0943. The third kappa shape index (κ3) is 4.01. The summed E-state index contributed by atoms with van der Waals surface area (Å²) in [4.78, 5) is 34.1. The van der Waals surface area contributed by atoms with Crippen molar-refractivity contribution in [3.63, 3.8) is 0 Å². The Hall–Kier alpha value is -2.96. The Morgan fingerprint density at radius 1 is 1.17 bits per heavy atom. The fourth-order valence-electron chi connectivity index (χ4n) is 3.44. The number of benzene rings is 2. The van der Waals surface area contributed by atoms with E-state index in [1.807, 2.05) is 55.5 Å². The van der Waals surface area contributed by atoms with Crippen LogP contribution >= 0.6 is 22.9 Å². The summed E-state index contributed by atoms with van der Waals surface area (Å²) in [5.74, 6) is 0.336. The molecule has 152 valence electrons. The summed E-state index contributed by atoms with van der Waals surface area (Å²) >= 11 is 7.48. The molecule has 0 radical (unpaired) electrons. The van der Waals surface area contributed by atoms with Gasteiger partial charge in [-0.3, -0.25) is 9.59 Å². The number of rotatable bonds is 5. The second-order valence-electron chi connectivity index (χ2n) is 7.13. The van der Waals surface area contributed by atoms with Gasteiger partial charge in [0, 0.05) is 11.4 Å². The first-order valence-electron chi connectivity index (χ1n) is 9.55. The molecule has 1 atom stereocenters. The smallest absolute Gasteiger partial charge is 0.262 e. The van der Waals surface area contributed by atoms with E-state index in [0.29, 0.717) is 37.9 Å². The average Bonchev–Trinajstić information content (AvgIpc) is 3.06. The number of aromatic nitrogens is 2. The molecule has 30 heavy (non-hydrogen) atoms. The van der Waals surface area contributed by atoms with Crippen LogP contribution in [0.15, 0.2) is 59.4 Å². The number of hydrogen-bond donors (Lipinski definition) is 2. The van der Waals surface area contributed by atoms with Crippen LogP contribution in [0.4, 0.5) is 0 Å². The first kappa shape index (κ1) is 20.3. The minimum absolute atomic E-state index is 0.224. The predicted molar refractivity (Wildman–Crippen MR) is 122 cm³/mol. The Bertz CT molecular complexity index is 1280.